The molecule has 0 fully saturated rings. The van der Waals surface area contributed by atoms with Gasteiger partial charge in [0.15, 0.2) is 5.82 Å². The second-order valence-electron chi connectivity index (χ2n) is 3.52. The van der Waals surface area contributed by atoms with E-state index in [2.05, 4.69) is 15.3 Å². The van der Waals surface area contributed by atoms with Gasteiger partial charge in [-0.2, -0.15) is 0 Å². The average molecular weight is 244 g/mol. The molecule has 0 amide bonds. The Bertz CT molecular complexity index is 432. The topological polar surface area (TPSA) is 101 Å². The van der Waals surface area contributed by atoms with E-state index < -0.39 is 10.8 Å². The average Bonchev–Trinajstić information content (AvgIpc) is 2.24. The zero-order valence-electron chi connectivity index (χ0n) is 9.32. The molecule has 0 aliphatic heterocycles. The summed E-state index contributed by atoms with van der Waals surface area (Å²) in [6.45, 7) is 2.49. The largest absolute Gasteiger partial charge is 0.391 e. The van der Waals surface area contributed by atoms with Crippen LogP contribution in [0.5, 0.6) is 0 Å². The molecule has 7 heteroatoms. The fraction of sp³-hybridized carbons (Fsp3) is 0.556. The van der Waals surface area contributed by atoms with Gasteiger partial charge in [0.2, 0.25) is 0 Å². The van der Waals surface area contributed by atoms with Gasteiger partial charge in [-0.1, -0.05) is 6.92 Å². The molecule has 2 unspecified atom stereocenters. The van der Waals surface area contributed by atoms with E-state index >= 15 is 0 Å². The molecule has 16 heavy (non-hydrogen) atoms. The molecule has 1 rings (SSSR count). The van der Waals surface area contributed by atoms with Crippen molar-refractivity contribution in [2.75, 3.05) is 23.9 Å². The van der Waals surface area contributed by atoms with Gasteiger partial charge in [0, 0.05) is 28.9 Å². The fourth-order valence-electron chi connectivity index (χ4n) is 1.11. The normalized spacial score (nSPS) is 14.4. The van der Waals surface area contributed by atoms with Crippen molar-refractivity contribution in [3.63, 3.8) is 0 Å². The number of aromatic amines is 1. The Hall–Kier alpha value is -1.37. The molecule has 0 aromatic carbocycles. The van der Waals surface area contributed by atoms with E-state index in [1.165, 1.54) is 6.33 Å². The van der Waals surface area contributed by atoms with Gasteiger partial charge in [0.1, 0.15) is 5.69 Å². The minimum Gasteiger partial charge on any atom is -0.391 e. The number of nitrogen functional groups attached to an aromatic ring is 1. The van der Waals surface area contributed by atoms with Crippen molar-refractivity contribution in [3.05, 3.63) is 16.7 Å². The van der Waals surface area contributed by atoms with Gasteiger partial charge in [-0.15, -0.1) is 0 Å². The zero-order chi connectivity index (χ0) is 12.1. The van der Waals surface area contributed by atoms with Crippen LogP contribution in [0.4, 0.5) is 11.5 Å². The Labute approximate surface area is 96.1 Å². The molecule has 1 heterocycles. The van der Waals surface area contributed by atoms with Crippen molar-refractivity contribution >= 4 is 22.3 Å². The zero-order valence-corrected chi connectivity index (χ0v) is 10.1. The number of rotatable bonds is 5. The van der Waals surface area contributed by atoms with Crippen molar-refractivity contribution in [2.45, 2.75) is 18.6 Å². The van der Waals surface area contributed by atoms with Gasteiger partial charge in [-0.05, 0) is 6.42 Å². The van der Waals surface area contributed by atoms with Gasteiger partial charge in [-0.25, -0.2) is 4.98 Å². The van der Waals surface area contributed by atoms with E-state index in [9.17, 15) is 9.00 Å². The monoisotopic (exact) mass is 244 g/mol. The van der Waals surface area contributed by atoms with E-state index in [4.69, 9.17) is 5.73 Å². The summed E-state index contributed by atoms with van der Waals surface area (Å²) in [6, 6.07) is 0. The van der Waals surface area contributed by atoms with Crippen LogP contribution in [0.3, 0.4) is 0 Å². The predicted molar refractivity (Wildman–Crippen MR) is 65.9 cm³/mol. The lowest BCUT2D eigenvalue weighted by Gasteiger charge is -2.10. The summed E-state index contributed by atoms with van der Waals surface area (Å²) in [5.41, 5.74) is 5.25. The number of anilines is 2. The van der Waals surface area contributed by atoms with Crippen LogP contribution in [-0.2, 0) is 10.8 Å². The number of H-pyrrole nitrogens is 1. The highest BCUT2D eigenvalue weighted by molar-refractivity contribution is 7.84. The molecule has 0 spiro atoms. The molecule has 1 aromatic rings. The van der Waals surface area contributed by atoms with Crippen molar-refractivity contribution in [2.24, 2.45) is 0 Å². The summed E-state index contributed by atoms with van der Waals surface area (Å²) in [4.78, 5) is 17.4. The molecule has 90 valence electrons. The maximum Gasteiger partial charge on any atom is 0.276 e. The van der Waals surface area contributed by atoms with Crippen LogP contribution in [0.25, 0.3) is 0 Å². The number of hydrogen-bond donors (Lipinski definition) is 3. The van der Waals surface area contributed by atoms with Crippen molar-refractivity contribution in [3.8, 4) is 0 Å². The SMILES string of the molecule is CC(CCNc1nc[nH]c(=O)c1N)S(C)=O. The molecular formula is C9H16N4O2S. The second-order valence-corrected chi connectivity index (χ2v) is 5.32. The Morgan fingerprint density at radius 2 is 2.38 bits per heavy atom. The standard InChI is InChI=1S/C9H16N4O2S/c1-6(16(2)15)3-4-11-8-7(10)9(14)13-5-12-8/h5-6H,3-4,10H2,1-2H3,(H2,11,12,13,14). The van der Waals surface area contributed by atoms with Crippen LogP contribution >= 0.6 is 0 Å². The van der Waals surface area contributed by atoms with Gasteiger partial charge in [0.25, 0.3) is 5.56 Å². The second kappa shape index (κ2) is 5.64. The van der Waals surface area contributed by atoms with E-state index in [1.54, 1.807) is 6.26 Å². The number of nitrogens with two attached hydrogens (primary N) is 1. The van der Waals surface area contributed by atoms with Crippen LogP contribution in [0.2, 0.25) is 0 Å². The van der Waals surface area contributed by atoms with Gasteiger partial charge >= 0.3 is 0 Å². The Kier molecular flexibility index (Phi) is 4.48. The van der Waals surface area contributed by atoms with E-state index in [0.717, 1.165) is 6.42 Å². The summed E-state index contributed by atoms with van der Waals surface area (Å²) in [5, 5.41) is 3.06. The molecule has 4 N–H and O–H groups in total. The number of nitrogens with one attached hydrogen (secondary N) is 2. The first kappa shape index (κ1) is 12.7. The minimum absolute atomic E-state index is 0.0766. The third-order valence-corrected chi connectivity index (χ3v) is 3.67. The van der Waals surface area contributed by atoms with E-state index in [1.807, 2.05) is 6.92 Å². The molecule has 6 nitrogen and oxygen atoms in total. The maximum absolute atomic E-state index is 11.1. The van der Waals surface area contributed by atoms with Crippen molar-refractivity contribution in [1.29, 1.82) is 0 Å². The highest BCUT2D eigenvalue weighted by Gasteiger charge is 2.07. The lowest BCUT2D eigenvalue weighted by Crippen LogP contribution is -2.19. The first-order valence-corrected chi connectivity index (χ1v) is 6.53. The molecular weight excluding hydrogens is 228 g/mol. The first-order chi connectivity index (χ1) is 7.52. The smallest absolute Gasteiger partial charge is 0.276 e. The lowest BCUT2D eigenvalue weighted by atomic mass is 10.3. The molecule has 0 radical (unpaired) electrons. The molecule has 1 aromatic heterocycles. The van der Waals surface area contributed by atoms with Crippen LogP contribution < -0.4 is 16.6 Å². The molecule has 0 aliphatic carbocycles. The van der Waals surface area contributed by atoms with Gasteiger partial charge < -0.3 is 16.0 Å². The summed E-state index contributed by atoms with van der Waals surface area (Å²) < 4.78 is 11.1. The molecule has 0 saturated carbocycles. The van der Waals surface area contributed by atoms with Crippen LogP contribution in [0, 0.1) is 0 Å². The summed E-state index contributed by atoms with van der Waals surface area (Å²) in [5.74, 6) is 0.373. The Morgan fingerprint density at radius 3 is 3.00 bits per heavy atom. The minimum atomic E-state index is -0.838. The van der Waals surface area contributed by atoms with E-state index in [0.29, 0.717) is 12.4 Å². The van der Waals surface area contributed by atoms with Crippen LogP contribution in [-0.4, -0.2) is 32.2 Å². The highest BCUT2D eigenvalue weighted by Crippen LogP contribution is 2.08. The molecule has 0 bridgehead atoms. The summed E-state index contributed by atoms with van der Waals surface area (Å²) in [7, 11) is -0.838. The van der Waals surface area contributed by atoms with Crippen LogP contribution in [0.1, 0.15) is 13.3 Å². The Balaban J connectivity index is 2.53. The number of nitrogens with zero attached hydrogens (tertiary/aromatic N) is 1. The number of hydrogen-bond acceptors (Lipinski definition) is 5. The molecule has 2 atom stereocenters. The quantitative estimate of drug-likeness (QED) is 0.672. The third kappa shape index (κ3) is 3.34. The van der Waals surface area contributed by atoms with Crippen LogP contribution in [0.15, 0.2) is 11.1 Å². The highest BCUT2D eigenvalue weighted by atomic mass is 32.2. The maximum atomic E-state index is 11.1. The van der Waals surface area contributed by atoms with Gasteiger partial charge in [0.05, 0.1) is 6.33 Å². The summed E-state index contributed by atoms with van der Waals surface area (Å²) >= 11 is 0. The van der Waals surface area contributed by atoms with Gasteiger partial charge in [-0.3, -0.25) is 9.00 Å². The van der Waals surface area contributed by atoms with Crippen molar-refractivity contribution in [1.82, 2.24) is 9.97 Å². The fourth-order valence-corrected chi connectivity index (χ4v) is 1.56. The third-order valence-electron chi connectivity index (χ3n) is 2.30. The Morgan fingerprint density at radius 1 is 1.69 bits per heavy atom. The predicted octanol–water partition coefficient (Wildman–Crippen LogP) is -0.0789. The van der Waals surface area contributed by atoms with E-state index in [-0.39, 0.29) is 16.5 Å². The summed E-state index contributed by atoms with van der Waals surface area (Å²) in [6.07, 6.45) is 3.70. The first-order valence-electron chi connectivity index (χ1n) is 4.91. The molecule has 0 saturated heterocycles. The number of aromatic nitrogens is 2. The van der Waals surface area contributed by atoms with Crippen molar-refractivity contribution < 1.29 is 4.21 Å². The lowest BCUT2D eigenvalue weighted by molar-refractivity contribution is 0.672. The molecule has 0 aliphatic rings.